The molecule has 0 saturated carbocycles. The van der Waals surface area contributed by atoms with Gasteiger partial charge in [0.05, 0.1) is 31.3 Å². The van der Waals surface area contributed by atoms with Crippen molar-refractivity contribution in [3.8, 4) is 11.5 Å². The molecule has 0 saturated heterocycles. The fraction of sp³-hybridized carbons (Fsp3) is 0.167. The lowest BCUT2D eigenvalue weighted by Crippen LogP contribution is -2.43. The van der Waals surface area contributed by atoms with Gasteiger partial charge in [0.15, 0.2) is 11.5 Å². The van der Waals surface area contributed by atoms with Crippen LogP contribution in [-0.4, -0.2) is 31.0 Å². The first-order valence-corrected chi connectivity index (χ1v) is 9.71. The topological polar surface area (TPSA) is 90.9 Å². The Morgan fingerprint density at radius 3 is 2.39 bits per heavy atom. The third-order valence-corrected chi connectivity index (χ3v) is 5.29. The maximum absolute atomic E-state index is 13.4. The number of aromatic carboxylic acids is 1. The number of hydrogen-bond acceptors (Lipinski definition) is 6. The molecule has 158 valence electrons. The number of carbonyl (C=O) groups is 2. The second-order valence-corrected chi connectivity index (χ2v) is 7.06. The number of nitrogens with one attached hydrogen (secondary N) is 1. The van der Waals surface area contributed by atoms with Crippen LogP contribution in [0.2, 0.25) is 0 Å². The van der Waals surface area contributed by atoms with Crippen molar-refractivity contribution >= 4 is 17.6 Å². The summed E-state index contributed by atoms with van der Waals surface area (Å²) in [6, 6.07) is 19.9. The van der Waals surface area contributed by atoms with Crippen LogP contribution in [0.4, 0.5) is 5.69 Å². The van der Waals surface area contributed by atoms with Crippen molar-refractivity contribution in [3.63, 3.8) is 0 Å². The number of nitrogens with zero attached hydrogens (tertiary/aromatic N) is 1. The van der Waals surface area contributed by atoms with Gasteiger partial charge < -0.3 is 29.6 Å². The highest BCUT2D eigenvalue weighted by Gasteiger charge is 2.35. The molecule has 0 bridgehead atoms. The van der Waals surface area contributed by atoms with Crippen LogP contribution in [0.15, 0.2) is 66.7 Å². The summed E-state index contributed by atoms with van der Waals surface area (Å²) in [5.41, 5.74) is 2.24. The molecular formula is C24H21N2O5-. The van der Waals surface area contributed by atoms with Crippen LogP contribution in [0.1, 0.15) is 38.0 Å². The smallest absolute Gasteiger partial charge is 0.258 e. The van der Waals surface area contributed by atoms with Crippen molar-refractivity contribution in [1.29, 1.82) is 0 Å². The van der Waals surface area contributed by atoms with Gasteiger partial charge in [0.25, 0.3) is 5.91 Å². The van der Waals surface area contributed by atoms with E-state index in [-0.39, 0.29) is 29.5 Å². The number of carbonyl (C=O) groups excluding carboxylic acids is 2. The third-order valence-electron chi connectivity index (χ3n) is 5.29. The number of amides is 1. The first-order valence-electron chi connectivity index (χ1n) is 9.71. The minimum Gasteiger partial charge on any atom is -0.545 e. The molecule has 1 amide bonds. The summed E-state index contributed by atoms with van der Waals surface area (Å²) in [5.74, 6) is -1.31. The molecule has 0 aliphatic carbocycles. The monoisotopic (exact) mass is 417 g/mol. The molecule has 7 heteroatoms. The summed E-state index contributed by atoms with van der Waals surface area (Å²) in [6.45, 7) is 0.284. The Balaban J connectivity index is 1.88. The number of hydrogen-bond donors (Lipinski definition) is 1. The van der Waals surface area contributed by atoms with Gasteiger partial charge in [-0.2, -0.15) is 0 Å². The predicted molar refractivity (Wildman–Crippen MR) is 113 cm³/mol. The van der Waals surface area contributed by atoms with Crippen LogP contribution in [0.25, 0.3) is 0 Å². The van der Waals surface area contributed by atoms with Gasteiger partial charge in [-0.3, -0.25) is 4.79 Å². The minimum absolute atomic E-state index is 0.0489. The van der Waals surface area contributed by atoms with Gasteiger partial charge in [0, 0.05) is 17.8 Å². The first-order chi connectivity index (χ1) is 15.0. The maximum Gasteiger partial charge on any atom is 0.258 e. The van der Waals surface area contributed by atoms with Gasteiger partial charge in [-0.15, -0.1) is 0 Å². The molecule has 1 heterocycles. The maximum atomic E-state index is 13.4. The van der Waals surface area contributed by atoms with Gasteiger partial charge in [-0.25, -0.2) is 0 Å². The number of para-hydroxylation sites is 1. The van der Waals surface area contributed by atoms with Gasteiger partial charge in [0.2, 0.25) is 0 Å². The zero-order chi connectivity index (χ0) is 22.0. The fourth-order valence-electron chi connectivity index (χ4n) is 3.86. The Hall–Kier alpha value is -4.00. The third kappa shape index (κ3) is 3.66. The molecule has 1 atom stereocenters. The van der Waals surface area contributed by atoms with Crippen LogP contribution in [0, 0.1) is 0 Å². The molecule has 0 unspecified atom stereocenters. The molecule has 7 nitrogen and oxygen atoms in total. The average Bonchev–Trinajstić information content (AvgIpc) is 2.80. The normalized spacial score (nSPS) is 15.1. The zero-order valence-corrected chi connectivity index (χ0v) is 17.1. The Kier molecular flexibility index (Phi) is 5.49. The van der Waals surface area contributed by atoms with Crippen LogP contribution < -0.4 is 19.9 Å². The van der Waals surface area contributed by atoms with Gasteiger partial charge in [-0.05, 0) is 23.8 Å². The standard InChI is InChI=1S/C24H22N2O5/c1-30-19-13-12-17(20(24(28)29)21(19)31-2)22-25-18-11-7-6-10-16(18)23(27)26(22)14-15-8-4-3-5-9-15/h3-13,22,25H,14H2,1-2H3,(H,28,29)/p-1/t22-/m0/s1. The highest BCUT2D eigenvalue weighted by atomic mass is 16.5. The van der Waals surface area contributed by atoms with E-state index in [1.807, 2.05) is 36.4 Å². The molecular weight excluding hydrogens is 396 g/mol. The number of carboxylic acids is 1. The fourth-order valence-corrected chi connectivity index (χ4v) is 3.86. The SMILES string of the molecule is COc1ccc([C@H]2Nc3ccccc3C(=O)N2Cc2ccccc2)c(C(=O)[O-])c1OC. The van der Waals surface area contributed by atoms with E-state index in [1.54, 1.807) is 35.2 Å². The quantitative estimate of drug-likeness (QED) is 0.663. The Bertz CT molecular complexity index is 1130. The van der Waals surface area contributed by atoms with Crippen molar-refractivity contribution < 1.29 is 24.2 Å². The van der Waals surface area contributed by atoms with E-state index in [9.17, 15) is 14.7 Å². The van der Waals surface area contributed by atoms with E-state index < -0.39 is 12.1 Å². The number of rotatable bonds is 6. The summed E-state index contributed by atoms with van der Waals surface area (Å²) in [4.78, 5) is 27.2. The lowest BCUT2D eigenvalue weighted by Gasteiger charge is -2.39. The van der Waals surface area contributed by atoms with Gasteiger partial charge in [-0.1, -0.05) is 48.5 Å². The van der Waals surface area contributed by atoms with E-state index in [4.69, 9.17) is 9.47 Å². The molecule has 3 aromatic carbocycles. The summed E-state index contributed by atoms with van der Waals surface area (Å²) < 4.78 is 10.6. The molecule has 0 radical (unpaired) electrons. The lowest BCUT2D eigenvalue weighted by atomic mass is 9.97. The van der Waals surface area contributed by atoms with E-state index in [1.165, 1.54) is 14.2 Å². The molecule has 1 aliphatic rings. The van der Waals surface area contributed by atoms with E-state index in [0.29, 0.717) is 16.8 Å². The second-order valence-electron chi connectivity index (χ2n) is 7.06. The van der Waals surface area contributed by atoms with Crippen molar-refractivity contribution in [2.45, 2.75) is 12.7 Å². The van der Waals surface area contributed by atoms with E-state index in [2.05, 4.69) is 5.32 Å². The number of methoxy groups -OCH3 is 2. The largest absolute Gasteiger partial charge is 0.545 e. The summed E-state index contributed by atoms with van der Waals surface area (Å²) in [6.07, 6.45) is -0.754. The lowest BCUT2D eigenvalue weighted by molar-refractivity contribution is -0.255. The Morgan fingerprint density at radius 1 is 1.00 bits per heavy atom. The van der Waals surface area contributed by atoms with Crippen molar-refractivity contribution in [2.75, 3.05) is 19.5 Å². The molecule has 0 aromatic heterocycles. The van der Waals surface area contributed by atoms with Crippen LogP contribution in [0.3, 0.4) is 0 Å². The van der Waals surface area contributed by atoms with Gasteiger partial charge in [0.1, 0.15) is 6.17 Å². The molecule has 1 aliphatic heterocycles. The van der Waals surface area contributed by atoms with Crippen molar-refractivity contribution in [3.05, 3.63) is 89.0 Å². The average molecular weight is 417 g/mol. The van der Waals surface area contributed by atoms with Crippen LogP contribution in [-0.2, 0) is 6.54 Å². The van der Waals surface area contributed by atoms with E-state index >= 15 is 0 Å². The van der Waals surface area contributed by atoms with Crippen LogP contribution >= 0.6 is 0 Å². The Morgan fingerprint density at radius 2 is 1.71 bits per heavy atom. The number of fused-ring (bicyclic) bond motifs is 1. The number of benzene rings is 3. The first kappa shape index (κ1) is 20.3. The predicted octanol–water partition coefficient (Wildman–Crippen LogP) is 2.83. The summed E-state index contributed by atoms with van der Waals surface area (Å²) >= 11 is 0. The number of ether oxygens (including phenoxy) is 2. The second kappa shape index (κ2) is 8.39. The highest BCUT2D eigenvalue weighted by Crippen LogP contribution is 2.40. The van der Waals surface area contributed by atoms with Crippen molar-refractivity contribution in [1.82, 2.24) is 4.90 Å². The minimum atomic E-state index is -1.42. The van der Waals surface area contributed by atoms with Crippen molar-refractivity contribution in [2.24, 2.45) is 0 Å². The number of anilines is 1. The molecule has 0 fully saturated rings. The number of carboxylic acid groups (broad SMARTS) is 1. The molecule has 0 spiro atoms. The molecule has 3 aromatic rings. The Labute approximate surface area is 179 Å². The van der Waals surface area contributed by atoms with E-state index in [0.717, 1.165) is 5.56 Å². The van der Waals surface area contributed by atoms with Gasteiger partial charge >= 0.3 is 0 Å². The summed E-state index contributed by atoms with van der Waals surface area (Å²) in [7, 11) is 2.79. The highest BCUT2D eigenvalue weighted by molar-refractivity contribution is 6.02. The summed E-state index contributed by atoms with van der Waals surface area (Å²) in [5, 5.41) is 15.4. The molecule has 1 N–H and O–H groups in total. The molecule has 31 heavy (non-hydrogen) atoms. The molecule has 4 rings (SSSR count). The zero-order valence-electron chi connectivity index (χ0n) is 17.1. The van der Waals surface area contributed by atoms with Crippen LogP contribution in [0.5, 0.6) is 11.5 Å².